The van der Waals surface area contributed by atoms with E-state index in [9.17, 15) is 4.79 Å². The zero-order valence-electron chi connectivity index (χ0n) is 14.9. The molecule has 1 amide bonds. The van der Waals surface area contributed by atoms with Gasteiger partial charge in [-0.05, 0) is 41.5 Å². The van der Waals surface area contributed by atoms with Gasteiger partial charge in [-0.25, -0.2) is 0 Å². The van der Waals surface area contributed by atoms with Gasteiger partial charge in [0.15, 0.2) is 0 Å². The van der Waals surface area contributed by atoms with Crippen molar-refractivity contribution in [1.29, 1.82) is 0 Å². The Hall–Kier alpha value is -2.30. The van der Waals surface area contributed by atoms with Crippen LogP contribution < -0.4 is 4.90 Å². The summed E-state index contributed by atoms with van der Waals surface area (Å²) in [5.41, 5.74) is 3.26. The Bertz CT molecular complexity index is 751. The third-order valence-corrected chi connectivity index (χ3v) is 4.65. The number of rotatable bonds is 5. The summed E-state index contributed by atoms with van der Waals surface area (Å²) in [7, 11) is 1.81. The number of morpholine rings is 1. The van der Waals surface area contributed by atoms with Crippen molar-refractivity contribution >= 4 is 29.3 Å². The molecule has 0 saturated carbocycles. The van der Waals surface area contributed by atoms with Crippen LogP contribution in [0, 0.1) is 0 Å². The van der Waals surface area contributed by atoms with Gasteiger partial charge in [0.25, 0.3) is 0 Å². The Morgan fingerprint density at radius 2 is 1.77 bits per heavy atom. The van der Waals surface area contributed by atoms with Gasteiger partial charge in [0.2, 0.25) is 5.91 Å². The maximum Gasteiger partial charge on any atom is 0.246 e. The molecule has 26 heavy (non-hydrogen) atoms. The molecule has 0 spiro atoms. The molecule has 1 saturated heterocycles. The Labute approximate surface area is 159 Å². The van der Waals surface area contributed by atoms with Crippen LogP contribution in [-0.2, 0) is 16.1 Å². The lowest BCUT2D eigenvalue weighted by molar-refractivity contribution is -0.125. The Morgan fingerprint density at radius 3 is 2.42 bits per heavy atom. The number of ether oxygens (including phenoxy) is 1. The van der Waals surface area contributed by atoms with Gasteiger partial charge in [-0.3, -0.25) is 4.79 Å². The Balaban J connectivity index is 1.55. The highest BCUT2D eigenvalue weighted by atomic mass is 35.5. The van der Waals surface area contributed by atoms with Crippen molar-refractivity contribution < 1.29 is 9.53 Å². The summed E-state index contributed by atoms with van der Waals surface area (Å²) in [6.45, 7) is 3.98. The number of amides is 1. The first-order valence-corrected chi connectivity index (χ1v) is 9.10. The molecule has 0 bridgehead atoms. The van der Waals surface area contributed by atoms with E-state index in [1.807, 2.05) is 31.3 Å². The minimum absolute atomic E-state index is 0.0304. The molecule has 0 aliphatic carbocycles. The van der Waals surface area contributed by atoms with Gasteiger partial charge in [-0.2, -0.15) is 0 Å². The second-order valence-electron chi connectivity index (χ2n) is 6.35. The summed E-state index contributed by atoms with van der Waals surface area (Å²) in [6.07, 6.45) is 3.39. The molecule has 2 aromatic rings. The summed E-state index contributed by atoms with van der Waals surface area (Å²) in [4.78, 5) is 16.3. The van der Waals surface area contributed by atoms with E-state index in [0.29, 0.717) is 11.6 Å². The zero-order valence-corrected chi connectivity index (χ0v) is 15.7. The average Bonchev–Trinajstić information content (AvgIpc) is 2.68. The van der Waals surface area contributed by atoms with Crippen molar-refractivity contribution in [3.05, 3.63) is 70.8 Å². The summed E-state index contributed by atoms with van der Waals surface area (Å²) >= 11 is 5.87. The van der Waals surface area contributed by atoms with Crippen molar-refractivity contribution in [3.63, 3.8) is 0 Å². The van der Waals surface area contributed by atoms with Crippen LogP contribution in [0.2, 0.25) is 5.02 Å². The number of benzene rings is 2. The van der Waals surface area contributed by atoms with Gasteiger partial charge in [0, 0.05) is 43.5 Å². The first-order valence-electron chi connectivity index (χ1n) is 8.72. The molecule has 136 valence electrons. The molecular formula is C21H23ClN2O2. The van der Waals surface area contributed by atoms with Gasteiger partial charge < -0.3 is 14.5 Å². The van der Waals surface area contributed by atoms with Crippen LogP contribution in [0.15, 0.2) is 54.6 Å². The SMILES string of the molecule is CN(Cc1ccc(N2CCOCC2)cc1)C(=O)/C=C/c1ccc(Cl)cc1. The summed E-state index contributed by atoms with van der Waals surface area (Å²) in [5.74, 6) is -0.0304. The number of carbonyl (C=O) groups excluding carboxylic acids is 1. The van der Waals surface area contributed by atoms with E-state index in [0.717, 1.165) is 37.4 Å². The second-order valence-corrected chi connectivity index (χ2v) is 6.78. The zero-order chi connectivity index (χ0) is 18.4. The van der Waals surface area contributed by atoms with Gasteiger partial charge >= 0.3 is 0 Å². The van der Waals surface area contributed by atoms with Crippen molar-refractivity contribution in [2.24, 2.45) is 0 Å². The molecule has 4 nitrogen and oxygen atoms in total. The fraction of sp³-hybridized carbons (Fsp3) is 0.286. The lowest BCUT2D eigenvalue weighted by Crippen LogP contribution is -2.36. The molecule has 0 unspecified atom stereocenters. The number of halogens is 1. The maximum atomic E-state index is 12.3. The first kappa shape index (κ1) is 18.5. The van der Waals surface area contributed by atoms with Crippen LogP contribution in [0.3, 0.4) is 0 Å². The lowest BCUT2D eigenvalue weighted by atomic mass is 10.1. The minimum atomic E-state index is -0.0304. The largest absolute Gasteiger partial charge is 0.378 e. The van der Waals surface area contributed by atoms with E-state index in [1.54, 1.807) is 17.1 Å². The highest BCUT2D eigenvalue weighted by Gasteiger charge is 2.11. The van der Waals surface area contributed by atoms with Crippen LogP contribution >= 0.6 is 11.6 Å². The average molecular weight is 371 g/mol. The number of hydrogen-bond acceptors (Lipinski definition) is 3. The van der Waals surface area contributed by atoms with Crippen molar-refractivity contribution in [3.8, 4) is 0 Å². The van der Waals surface area contributed by atoms with Crippen LogP contribution in [0.1, 0.15) is 11.1 Å². The fourth-order valence-corrected chi connectivity index (χ4v) is 2.98. The maximum absolute atomic E-state index is 12.3. The number of likely N-dealkylation sites (N-methyl/N-ethyl adjacent to an activating group) is 1. The van der Waals surface area contributed by atoms with Gasteiger partial charge in [0.1, 0.15) is 0 Å². The molecule has 1 fully saturated rings. The highest BCUT2D eigenvalue weighted by molar-refractivity contribution is 6.30. The van der Waals surface area contributed by atoms with Crippen molar-refractivity contribution in [2.75, 3.05) is 38.3 Å². The molecule has 1 heterocycles. The Kier molecular flexibility index (Phi) is 6.31. The van der Waals surface area contributed by atoms with Gasteiger partial charge in [-0.15, -0.1) is 0 Å². The van der Waals surface area contributed by atoms with E-state index >= 15 is 0 Å². The van der Waals surface area contributed by atoms with E-state index in [-0.39, 0.29) is 5.91 Å². The smallest absolute Gasteiger partial charge is 0.246 e. The topological polar surface area (TPSA) is 32.8 Å². The molecule has 0 atom stereocenters. The summed E-state index contributed by atoms with van der Waals surface area (Å²) in [5, 5.41) is 0.686. The quantitative estimate of drug-likeness (QED) is 0.749. The third kappa shape index (κ3) is 5.10. The molecule has 0 aromatic heterocycles. The van der Waals surface area contributed by atoms with Crippen LogP contribution in [-0.4, -0.2) is 44.2 Å². The van der Waals surface area contributed by atoms with Crippen LogP contribution in [0.25, 0.3) is 6.08 Å². The molecular weight excluding hydrogens is 348 g/mol. The van der Waals surface area contributed by atoms with Gasteiger partial charge in [-0.1, -0.05) is 35.9 Å². The Morgan fingerprint density at radius 1 is 1.12 bits per heavy atom. The highest BCUT2D eigenvalue weighted by Crippen LogP contribution is 2.17. The molecule has 1 aliphatic heterocycles. The summed E-state index contributed by atoms with van der Waals surface area (Å²) < 4.78 is 5.39. The minimum Gasteiger partial charge on any atom is -0.378 e. The monoisotopic (exact) mass is 370 g/mol. The van der Waals surface area contributed by atoms with Crippen LogP contribution in [0.4, 0.5) is 5.69 Å². The molecule has 2 aromatic carbocycles. The lowest BCUT2D eigenvalue weighted by Gasteiger charge is -2.29. The predicted octanol–water partition coefficient (Wildman–Crippen LogP) is 3.85. The fourth-order valence-electron chi connectivity index (χ4n) is 2.85. The van der Waals surface area contributed by atoms with E-state index in [2.05, 4.69) is 29.2 Å². The second kappa shape index (κ2) is 8.88. The van der Waals surface area contributed by atoms with Crippen molar-refractivity contribution in [2.45, 2.75) is 6.54 Å². The number of anilines is 1. The van der Waals surface area contributed by atoms with E-state index in [4.69, 9.17) is 16.3 Å². The van der Waals surface area contributed by atoms with Crippen molar-refractivity contribution in [1.82, 2.24) is 4.90 Å². The molecule has 3 rings (SSSR count). The number of hydrogen-bond donors (Lipinski definition) is 0. The van der Waals surface area contributed by atoms with Crippen LogP contribution in [0.5, 0.6) is 0 Å². The first-order chi connectivity index (χ1) is 12.6. The number of nitrogens with zero attached hydrogens (tertiary/aromatic N) is 2. The normalized spacial score (nSPS) is 14.6. The third-order valence-electron chi connectivity index (χ3n) is 4.40. The summed E-state index contributed by atoms with van der Waals surface area (Å²) in [6, 6.07) is 15.8. The number of carbonyl (C=O) groups is 1. The molecule has 0 radical (unpaired) electrons. The van der Waals surface area contributed by atoms with E-state index in [1.165, 1.54) is 5.69 Å². The molecule has 0 N–H and O–H groups in total. The predicted molar refractivity (Wildman–Crippen MR) is 106 cm³/mol. The standard InChI is InChI=1S/C21H23ClN2O2/c1-23(21(25)11-6-17-2-7-19(22)8-3-17)16-18-4-9-20(10-5-18)24-12-14-26-15-13-24/h2-11H,12-16H2,1H3/b11-6+. The van der Waals surface area contributed by atoms with E-state index < -0.39 is 0 Å². The molecule has 1 aliphatic rings. The molecule has 5 heteroatoms. The van der Waals surface area contributed by atoms with Gasteiger partial charge in [0.05, 0.1) is 13.2 Å².